The zero-order valence-corrected chi connectivity index (χ0v) is 14.6. The second-order valence-corrected chi connectivity index (χ2v) is 6.47. The Labute approximate surface area is 156 Å². The standard InChI is InChI=1S/C17H19F6NO4/c18-16(19,20)5-1-2-6-27-13-4-3-11(14(7-13)28-17(21,22)23)8-24-9-12(10-24)15(25)26/h3-4,7,12H,1-2,5-6,8-10H2,(H,25,26). The van der Waals surface area contributed by atoms with Crippen molar-refractivity contribution in [2.45, 2.75) is 38.3 Å². The normalized spacial score (nSPS) is 15.9. The lowest BCUT2D eigenvalue weighted by molar-refractivity contribution is -0.275. The largest absolute Gasteiger partial charge is 0.573 e. The monoisotopic (exact) mass is 415 g/mol. The van der Waals surface area contributed by atoms with Crippen LogP contribution >= 0.6 is 0 Å². The SMILES string of the molecule is O=C(O)C1CN(Cc2ccc(OCCCCC(F)(F)F)cc2OC(F)(F)F)C1. The second-order valence-electron chi connectivity index (χ2n) is 6.47. The van der Waals surface area contributed by atoms with Crippen LogP contribution in [0.4, 0.5) is 26.3 Å². The fourth-order valence-corrected chi connectivity index (χ4v) is 2.69. The van der Waals surface area contributed by atoms with Crippen molar-refractivity contribution in [2.24, 2.45) is 5.92 Å². The maximum atomic E-state index is 12.7. The van der Waals surface area contributed by atoms with E-state index in [2.05, 4.69) is 4.74 Å². The summed E-state index contributed by atoms with van der Waals surface area (Å²) < 4.78 is 83.4. The van der Waals surface area contributed by atoms with Gasteiger partial charge < -0.3 is 14.6 Å². The molecule has 1 aliphatic heterocycles. The van der Waals surface area contributed by atoms with Crippen molar-refractivity contribution in [3.63, 3.8) is 0 Å². The highest BCUT2D eigenvalue weighted by atomic mass is 19.4. The number of carboxylic acid groups (broad SMARTS) is 1. The lowest BCUT2D eigenvalue weighted by Crippen LogP contribution is -2.49. The summed E-state index contributed by atoms with van der Waals surface area (Å²) in [5.41, 5.74) is 0.200. The van der Waals surface area contributed by atoms with Gasteiger partial charge in [0.2, 0.25) is 0 Å². The van der Waals surface area contributed by atoms with Gasteiger partial charge in [0, 0.05) is 37.7 Å². The van der Waals surface area contributed by atoms with Crippen molar-refractivity contribution in [1.29, 1.82) is 0 Å². The van der Waals surface area contributed by atoms with Crippen molar-refractivity contribution >= 4 is 5.97 Å². The lowest BCUT2D eigenvalue weighted by Gasteiger charge is -2.36. The van der Waals surface area contributed by atoms with Crippen LogP contribution in [0.1, 0.15) is 24.8 Å². The first-order chi connectivity index (χ1) is 12.9. The number of ether oxygens (including phenoxy) is 2. The third-order valence-electron chi connectivity index (χ3n) is 4.09. The molecule has 0 aliphatic carbocycles. The highest BCUT2D eigenvalue weighted by Crippen LogP contribution is 2.32. The minimum atomic E-state index is -4.93. The van der Waals surface area contributed by atoms with Crippen LogP contribution in [0.25, 0.3) is 0 Å². The molecule has 1 heterocycles. The highest BCUT2D eigenvalue weighted by Gasteiger charge is 2.35. The van der Waals surface area contributed by atoms with Crippen LogP contribution in [-0.2, 0) is 11.3 Å². The molecule has 0 amide bonds. The van der Waals surface area contributed by atoms with E-state index < -0.39 is 36.6 Å². The first kappa shape index (κ1) is 22.1. The Kier molecular flexibility index (Phi) is 7.02. The Balaban J connectivity index is 1.95. The molecule has 1 aromatic rings. The Morgan fingerprint density at radius 2 is 1.82 bits per heavy atom. The maximum Gasteiger partial charge on any atom is 0.573 e. The predicted octanol–water partition coefficient (Wildman–Crippen LogP) is 4.21. The minimum absolute atomic E-state index is 0.0435. The maximum absolute atomic E-state index is 12.7. The van der Waals surface area contributed by atoms with E-state index in [1.807, 2.05) is 0 Å². The van der Waals surface area contributed by atoms with Gasteiger partial charge in [-0.3, -0.25) is 9.69 Å². The fraction of sp³-hybridized carbons (Fsp3) is 0.588. The van der Waals surface area contributed by atoms with Crippen molar-refractivity contribution in [3.8, 4) is 11.5 Å². The van der Waals surface area contributed by atoms with E-state index in [9.17, 15) is 31.1 Å². The second kappa shape index (κ2) is 8.89. The average molecular weight is 415 g/mol. The Bertz CT molecular complexity index is 671. The van der Waals surface area contributed by atoms with E-state index in [0.29, 0.717) is 0 Å². The number of benzene rings is 1. The quantitative estimate of drug-likeness (QED) is 0.484. The molecular weight excluding hydrogens is 396 g/mol. The molecule has 0 unspecified atom stereocenters. The van der Waals surface area contributed by atoms with Crippen LogP contribution in [0.2, 0.25) is 0 Å². The summed E-state index contributed by atoms with van der Waals surface area (Å²) in [6, 6.07) is 3.79. The molecule has 0 aromatic heterocycles. The van der Waals surface area contributed by atoms with E-state index >= 15 is 0 Å². The van der Waals surface area contributed by atoms with Crippen molar-refractivity contribution < 1.29 is 45.7 Å². The molecule has 0 radical (unpaired) electrons. The molecule has 1 saturated heterocycles. The van der Waals surface area contributed by atoms with Crippen LogP contribution in [0.3, 0.4) is 0 Å². The van der Waals surface area contributed by atoms with Gasteiger partial charge in [0.05, 0.1) is 12.5 Å². The zero-order valence-electron chi connectivity index (χ0n) is 14.6. The molecule has 0 bridgehead atoms. The van der Waals surface area contributed by atoms with Crippen LogP contribution in [0.5, 0.6) is 11.5 Å². The first-order valence-corrected chi connectivity index (χ1v) is 8.46. The number of rotatable bonds is 9. The Morgan fingerprint density at radius 1 is 1.14 bits per heavy atom. The van der Waals surface area contributed by atoms with Gasteiger partial charge in [-0.05, 0) is 18.9 Å². The minimum Gasteiger partial charge on any atom is -0.493 e. The molecule has 2 rings (SSSR count). The van der Waals surface area contributed by atoms with E-state index in [1.165, 1.54) is 12.1 Å². The zero-order chi connectivity index (χ0) is 20.9. The molecule has 1 fully saturated rings. The van der Waals surface area contributed by atoms with Gasteiger partial charge >= 0.3 is 18.5 Å². The summed E-state index contributed by atoms with van der Waals surface area (Å²) in [6.45, 7) is 0.435. The Morgan fingerprint density at radius 3 is 2.39 bits per heavy atom. The summed E-state index contributed by atoms with van der Waals surface area (Å²) in [6.07, 6.45) is -10.2. The number of aliphatic carboxylic acids is 1. The molecule has 0 saturated carbocycles. The third kappa shape index (κ3) is 7.45. The number of unbranched alkanes of at least 4 members (excludes halogenated alkanes) is 1. The number of halogens is 6. The molecule has 28 heavy (non-hydrogen) atoms. The van der Waals surface area contributed by atoms with Crippen molar-refractivity contribution in [2.75, 3.05) is 19.7 Å². The number of carbonyl (C=O) groups is 1. The summed E-state index contributed by atoms with van der Waals surface area (Å²) in [5, 5.41) is 8.85. The molecule has 158 valence electrons. The smallest absolute Gasteiger partial charge is 0.493 e. The van der Waals surface area contributed by atoms with Gasteiger partial charge in [0.15, 0.2) is 0 Å². The lowest BCUT2D eigenvalue weighted by atomic mass is 9.99. The van der Waals surface area contributed by atoms with Gasteiger partial charge in [-0.15, -0.1) is 13.2 Å². The van der Waals surface area contributed by atoms with Gasteiger partial charge in [0.25, 0.3) is 0 Å². The summed E-state index contributed by atoms with van der Waals surface area (Å²) in [5.74, 6) is -1.95. The number of alkyl halides is 6. The van der Waals surface area contributed by atoms with Crippen LogP contribution in [0.15, 0.2) is 18.2 Å². The van der Waals surface area contributed by atoms with Crippen LogP contribution in [-0.4, -0.2) is 48.2 Å². The molecule has 5 nitrogen and oxygen atoms in total. The molecule has 1 aromatic carbocycles. The molecule has 1 N–H and O–H groups in total. The summed E-state index contributed by atoms with van der Waals surface area (Å²) >= 11 is 0. The van der Waals surface area contributed by atoms with Crippen LogP contribution in [0, 0.1) is 5.92 Å². The molecule has 0 atom stereocenters. The summed E-state index contributed by atoms with van der Waals surface area (Å²) in [4.78, 5) is 12.5. The number of hydrogen-bond donors (Lipinski definition) is 1. The number of likely N-dealkylation sites (tertiary alicyclic amines) is 1. The van der Waals surface area contributed by atoms with E-state index in [4.69, 9.17) is 9.84 Å². The molecule has 11 heteroatoms. The van der Waals surface area contributed by atoms with Crippen LogP contribution < -0.4 is 9.47 Å². The van der Waals surface area contributed by atoms with E-state index in [0.717, 1.165) is 6.07 Å². The summed E-state index contributed by atoms with van der Waals surface area (Å²) in [7, 11) is 0. The topological polar surface area (TPSA) is 59.0 Å². The number of nitrogens with zero attached hydrogens (tertiary/aromatic N) is 1. The molecular formula is C17H19F6NO4. The van der Waals surface area contributed by atoms with E-state index in [-0.39, 0.29) is 50.4 Å². The number of hydrogen-bond acceptors (Lipinski definition) is 4. The predicted molar refractivity (Wildman–Crippen MR) is 84.9 cm³/mol. The van der Waals surface area contributed by atoms with Crippen molar-refractivity contribution in [1.82, 2.24) is 4.90 Å². The molecule has 0 spiro atoms. The van der Waals surface area contributed by atoms with Crippen molar-refractivity contribution in [3.05, 3.63) is 23.8 Å². The Hall–Kier alpha value is -2.17. The third-order valence-corrected chi connectivity index (χ3v) is 4.09. The first-order valence-electron chi connectivity index (χ1n) is 8.46. The highest BCUT2D eigenvalue weighted by molar-refractivity contribution is 5.71. The number of carboxylic acids is 1. The van der Waals surface area contributed by atoms with E-state index in [1.54, 1.807) is 4.90 Å². The van der Waals surface area contributed by atoms with Gasteiger partial charge in [0.1, 0.15) is 11.5 Å². The average Bonchev–Trinajstić information content (AvgIpc) is 2.48. The van der Waals surface area contributed by atoms with Gasteiger partial charge in [-0.2, -0.15) is 13.2 Å². The fourth-order valence-electron chi connectivity index (χ4n) is 2.69. The molecule has 1 aliphatic rings. The van der Waals surface area contributed by atoms with Gasteiger partial charge in [-0.1, -0.05) is 6.07 Å². The van der Waals surface area contributed by atoms with Gasteiger partial charge in [-0.25, -0.2) is 0 Å².